The number of halogens is 3. The number of imidazole rings is 1. The quantitative estimate of drug-likeness (QED) is 0.152. The van der Waals surface area contributed by atoms with Gasteiger partial charge >= 0.3 is 0 Å². The molecule has 0 bridgehead atoms. The van der Waals surface area contributed by atoms with Crippen LogP contribution in [-0.2, 0) is 29.2 Å². The highest BCUT2D eigenvalue weighted by atomic mass is 35.5. The number of nitrogens with two attached hydrogens (primary N) is 1. The van der Waals surface area contributed by atoms with Crippen molar-refractivity contribution < 1.29 is 18.7 Å². The molecule has 50 heavy (non-hydrogen) atoms. The predicted molar refractivity (Wildman–Crippen MR) is 192 cm³/mol. The van der Waals surface area contributed by atoms with Gasteiger partial charge in [-0.2, -0.15) is 5.10 Å². The summed E-state index contributed by atoms with van der Waals surface area (Å²) in [5.74, 6) is 1.09. The number of hydrogen-bond acceptors (Lipinski definition) is 7. The van der Waals surface area contributed by atoms with Crippen molar-refractivity contribution in [2.24, 2.45) is 5.73 Å². The van der Waals surface area contributed by atoms with E-state index in [-0.39, 0.29) is 19.1 Å². The molecule has 1 fully saturated rings. The molecule has 1 atom stereocenters. The fourth-order valence-electron chi connectivity index (χ4n) is 6.22. The number of carbonyl (C=O) groups excluding carboxylic acids is 1. The molecule has 2 aliphatic rings. The van der Waals surface area contributed by atoms with E-state index in [1.54, 1.807) is 18.2 Å². The Kier molecular flexibility index (Phi) is 10.1. The van der Waals surface area contributed by atoms with Crippen molar-refractivity contribution in [3.05, 3.63) is 112 Å². The number of pyridine rings is 1. The summed E-state index contributed by atoms with van der Waals surface area (Å²) in [6.07, 6.45) is 4.57. The SMILES string of the molecule is Fc1cc(Cl)ccc1COc1cccc(C2=CCN(Cc3nc4ccc(-c5ccc6n[nH]c(Cl)c6c5)cc4n3CC3CCO3)CC2)n1.NC=O. The summed E-state index contributed by atoms with van der Waals surface area (Å²) in [5, 5.41) is 8.91. The standard InChI is InChI=1S/C36H31Cl2FN6O2.CH3NO/c37-26-7-4-25(29(39)18-26)21-47-35-3-1-2-30(41-35)22-10-13-44(14-11-22)20-34-40-32-9-6-24(17-33(32)45(34)19-27-12-15-46-27)23-5-8-31-28(16-23)36(38)43-42-31;2-1-3/h1-10,16-18,27H,11-15,19-21H2,(H,42,43);1H,(H2,2,3). The summed E-state index contributed by atoms with van der Waals surface area (Å²) in [5.41, 5.74) is 11.7. The van der Waals surface area contributed by atoms with Crippen LogP contribution in [0.25, 0.3) is 38.6 Å². The Bertz CT molecular complexity index is 2200. The van der Waals surface area contributed by atoms with Crippen LogP contribution >= 0.6 is 23.2 Å². The topological polar surface area (TPSA) is 124 Å². The number of hydrogen-bond donors (Lipinski definition) is 2. The predicted octanol–water partition coefficient (Wildman–Crippen LogP) is 7.18. The maximum atomic E-state index is 14.2. The minimum atomic E-state index is -0.393. The van der Waals surface area contributed by atoms with Crippen LogP contribution in [0, 0.1) is 5.82 Å². The molecule has 0 spiro atoms. The normalized spacial score (nSPS) is 16.1. The van der Waals surface area contributed by atoms with Crippen LogP contribution in [0.2, 0.25) is 10.2 Å². The monoisotopic (exact) mass is 713 g/mol. The van der Waals surface area contributed by atoms with Crippen molar-refractivity contribution in [3.8, 4) is 17.0 Å². The maximum Gasteiger partial charge on any atom is 0.214 e. The van der Waals surface area contributed by atoms with E-state index in [1.165, 1.54) is 11.6 Å². The van der Waals surface area contributed by atoms with Crippen molar-refractivity contribution in [2.75, 3.05) is 19.7 Å². The molecular formula is C37H34Cl2FN7O3. The van der Waals surface area contributed by atoms with Gasteiger partial charge in [0.1, 0.15) is 23.4 Å². The summed E-state index contributed by atoms with van der Waals surface area (Å²) < 4.78 is 28.2. The number of nitrogens with zero attached hydrogens (tertiary/aromatic N) is 5. The van der Waals surface area contributed by atoms with E-state index in [0.717, 1.165) is 90.2 Å². The third-order valence-corrected chi connectivity index (χ3v) is 9.47. The van der Waals surface area contributed by atoms with Crippen LogP contribution in [0.3, 0.4) is 0 Å². The summed E-state index contributed by atoms with van der Waals surface area (Å²) in [6, 6.07) is 22.8. The second-order valence-corrected chi connectivity index (χ2v) is 12.9. The number of benzene rings is 3. The smallest absolute Gasteiger partial charge is 0.214 e. The molecule has 3 aromatic carbocycles. The molecule has 1 amide bonds. The van der Waals surface area contributed by atoms with E-state index in [2.05, 4.69) is 61.8 Å². The molecule has 0 aliphatic carbocycles. The van der Waals surface area contributed by atoms with Gasteiger partial charge in [-0.1, -0.05) is 53.5 Å². The van der Waals surface area contributed by atoms with Crippen molar-refractivity contribution in [1.82, 2.24) is 29.6 Å². The van der Waals surface area contributed by atoms with Gasteiger partial charge in [0.05, 0.1) is 41.4 Å². The first-order valence-electron chi connectivity index (χ1n) is 16.2. The lowest BCUT2D eigenvalue weighted by Crippen LogP contribution is -2.33. The zero-order valence-electron chi connectivity index (χ0n) is 27.0. The van der Waals surface area contributed by atoms with Crippen LogP contribution in [0.5, 0.6) is 5.88 Å². The number of H-pyrrole nitrogens is 1. The summed E-state index contributed by atoms with van der Waals surface area (Å²) in [6.45, 7) is 4.02. The second kappa shape index (κ2) is 15.0. The average molecular weight is 715 g/mol. The third-order valence-electron chi connectivity index (χ3n) is 8.95. The average Bonchev–Trinajstić information content (AvgIpc) is 3.65. The number of aromatic nitrogens is 5. The number of carbonyl (C=O) groups is 1. The molecule has 8 rings (SSSR count). The Hall–Kier alpha value is -4.81. The molecule has 0 saturated carbocycles. The van der Waals surface area contributed by atoms with Gasteiger partial charge in [0.15, 0.2) is 0 Å². The first kappa shape index (κ1) is 33.7. The fourth-order valence-corrected chi connectivity index (χ4v) is 6.57. The Morgan fingerprint density at radius 3 is 2.58 bits per heavy atom. The Labute approximate surface area is 297 Å². The van der Waals surface area contributed by atoms with E-state index >= 15 is 0 Å². The first-order chi connectivity index (χ1) is 24.4. The zero-order chi connectivity index (χ0) is 34.6. The molecule has 13 heteroatoms. The van der Waals surface area contributed by atoms with Gasteiger partial charge in [0.2, 0.25) is 12.3 Å². The third kappa shape index (κ3) is 7.36. The zero-order valence-corrected chi connectivity index (χ0v) is 28.5. The summed E-state index contributed by atoms with van der Waals surface area (Å²) in [4.78, 5) is 20.8. The molecular weight excluding hydrogens is 680 g/mol. The maximum absolute atomic E-state index is 14.2. The molecule has 3 N–H and O–H groups in total. The van der Waals surface area contributed by atoms with Gasteiger partial charge in [0.25, 0.3) is 0 Å². The van der Waals surface area contributed by atoms with E-state index in [0.29, 0.717) is 21.6 Å². The highest BCUT2D eigenvalue weighted by molar-refractivity contribution is 6.34. The highest BCUT2D eigenvalue weighted by Crippen LogP contribution is 2.31. The molecule has 3 aromatic heterocycles. The number of aromatic amines is 1. The molecule has 1 unspecified atom stereocenters. The number of fused-ring (bicyclic) bond motifs is 2. The van der Waals surface area contributed by atoms with Crippen LogP contribution < -0.4 is 10.5 Å². The summed E-state index contributed by atoms with van der Waals surface area (Å²) >= 11 is 12.2. The molecule has 256 valence electrons. The largest absolute Gasteiger partial charge is 0.473 e. The number of amides is 1. The number of nitrogens with one attached hydrogen (secondary N) is 1. The molecule has 1 saturated heterocycles. The van der Waals surface area contributed by atoms with E-state index in [9.17, 15) is 4.39 Å². The van der Waals surface area contributed by atoms with Gasteiger partial charge in [-0.05, 0) is 72.0 Å². The van der Waals surface area contributed by atoms with Crippen LogP contribution in [0.4, 0.5) is 4.39 Å². The fraction of sp³-hybridized carbons (Fsp3) is 0.243. The highest BCUT2D eigenvalue weighted by Gasteiger charge is 2.24. The number of ether oxygens (including phenoxy) is 2. The molecule has 10 nitrogen and oxygen atoms in total. The van der Waals surface area contributed by atoms with E-state index < -0.39 is 5.82 Å². The van der Waals surface area contributed by atoms with Crippen LogP contribution in [0.1, 0.15) is 29.9 Å². The van der Waals surface area contributed by atoms with Gasteiger partial charge in [-0.25, -0.2) is 14.4 Å². The van der Waals surface area contributed by atoms with E-state index in [4.69, 9.17) is 47.4 Å². The van der Waals surface area contributed by atoms with Crippen LogP contribution in [0.15, 0.2) is 78.9 Å². The minimum absolute atomic E-state index is 0.0780. The van der Waals surface area contributed by atoms with Gasteiger partial charge in [-0.15, -0.1) is 0 Å². The Balaban J connectivity index is 0.00000126. The van der Waals surface area contributed by atoms with Gasteiger partial charge in [-0.3, -0.25) is 14.8 Å². The minimum Gasteiger partial charge on any atom is -0.473 e. The van der Waals surface area contributed by atoms with Crippen LogP contribution in [-0.4, -0.2) is 61.8 Å². The van der Waals surface area contributed by atoms with Crippen molar-refractivity contribution in [3.63, 3.8) is 0 Å². The lowest BCUT2D eigenvalue weighted by Gasteiger charge is -2.29. The van der Waals surface area contributed by atoms with Gasteiger partial charge < -0.3 is 19.8 Å². The lowest BCUT2D eigenvalue weighted by atomic mass is 10.0. The Morgan fingerprint density at radius 1 is 1.04 bits per heavy atom. The summed E-state index contributed by atoms with van der Waals surface area (Å²) in [7, 11) is 0. The Morgan fingerprint density at radius 2 is 1.84 bits per heavy atom. The first-order valence-corrected chi connectivity index (χ1v) is 17.0. The lowest BCUT2D eigenvalue weighted by molar-refractivity contribution is -0.106. The second-order valence-electron chi connectivity index (χ2n) is 12.1. The molecule has 6 aromatic rings. The van der Waals surface area contributed by atoms with Crippen molar-refractivity contribution >= 4 is 57.1 Å². The van der Waals surface area contributed by atoms with Crippen molar-refractivity contribution in [1.29, 1.82) is 0 Å². The molecule has 5 heterocycles. The molecule has 0 radical (unpaired) electrons. The van der Waals surface area contributed by atoms with Gasteiger partial charge in [0, 0.05) is 41.7 Å². The molecule has 2 aliphatic heterocycles. The number of rotatable bonds is 9. The van der Waals surface area contributed by atoms with Crippen molar-refractivity contribution in [2.45, 2.75) is 38.6 Å². The van der Waals surface area contributed by atoms with E-state index in [1.807, 2.05) is 18.2 Å². The number of primary amides is 1.